The van der Waals surface area contributed by atoms with Crippen molar-refractivity contribution < 1.29 is 19.1 Å². The first-order valence-electron chi connectivity index (χ1n) is 13.7. The molecule has 0 spiro atoms. The second-order valence-corrected chi connectivity index (χ2v) is 9.51. The molecule has 196 valence electrons. The second kappa shape index (κ2) is 16.7. The van der Waals surface area contributed by atoms with E-state index < -0.39 is 11.9 Å². The number of rotatable bonds is 16. The van der Waals surface area contributed by atoms with E-state index in [0.29, 0.717) is 18.8 Å². The Morgan fingerprint density at radius 1 is 0.639 bits per heavy atom. The fraction of sp³-hybridized carbons (Fsp3) is 0.500. The molecule has 2 unspecified atom stereocenters. The van der Waals surface area contributed by atoms with Crippen molar-refractivity contribution in [2.24, 2.45) is 11.8 Å². The van der Waals surface area contributed by atoms with Gasteiger partial charge in [0.15, 0.2) is 5.57 Å². The van der Waals surface area contributed by atoms with E-state index in [2.05, 4.69) is 27.7 Å². The van der Waals surface area contributed by atoms with Gasteiger partial charge in [0.2, 0.25) is 0 Å². The summed E-state index contributed by atoms with van der Waals surface area (Å²) in [5, 5.41) is 0. The topological polar surface area (TPSA) is 52.6 Å². The summed E-state index contributed by atoms with van der Waals surface area (Å²) < 4.78 is 11.6. The zero-order valence-electron chi connectivity index (χ0n) is 22.6. The number of unbranched alkanes of at least 4 members (excludes halogenated alkanes) is 2. The molecule has 4 heteroatoms. The van der Waals surface area contributed by atoms with Crippen LogP contribution in [0.1, 0.15) is 90.2 Å². The Hall–Kier alpha value is -2.88. The van der Waals surface area contributed by atoms with E-state index in [9.17, 15) is 9.59 Å². The summed E-state index contributed by atoms with van der Waals surface area (Å²) in [7, 11) is 0. The number of carbonyl (C=O) groups is 2. The van der Waals surface area contributed by atoms with Crippen molar-refractivity contribution in [3.05, 3.63) is 77.4 Å². The lowest BCUT2D eigenvalue weighted by Gasteiger charge is -2.19. The molecule has 0 bridgehead atoms. The van der Waals surface area contributed by atoms with Crippen LogP contribution in [0.15, 0.2) is 66.2 Å². The van der Waals surface area contributed by atoms with Crippen LogP contribution in [0.2, 0.25) is 0 Å². The first-order chi connectivity index (χ1) is 17.5. The molecule has 0 N–H and O–H groups in total. The van der Waals surface area contributed by atoms with Crippen LogP contribution < -0.4 is 0 Å². The van der Waals surface area contributed by atoms with Gasteiger partial charge >= 0.3 is 11.9 Å². The number of hydrogen-bond acceptors (Lipinski definition) is 4. The number of esters is 2. The Bertz CT molecular complexity index is 858. The molecule has 0 amide bonds. The second-order valence-electron chi connectivity index (χ2n) is 9.51. The van der Waals surface area contributed by atoms with E-state index in [1.165, 1.54) is 0 Å². The molecule has 36 heavy (non-hydrogen) atoms. The van der Waals surface area contributed by atoms with Gasteiger partial charge in [-0.25, -0.2) is 9.59 Å². The maximum absolute atomic E-state index is 13.6. The van der Waals surface area contributed by atoms with E-state index in [4.69, 9.17) is 9.47 Å². The van der Waals surface area contributed by atoms with Crippen LogP contribution >= 0.6 is 0 Å². The van der Waals surface area contributed by atoms with Gasteiger partial charge in [0.1, 0.15) is 0 Å². The van der Waals surface area contributed by atoms with Gasteiger partial charge in [-0.05, 0) is 35.8 Å². The molecule has 0 saturated carbocycles. The van der Waals surface area contributed by atoms with Crippen LogP contribution in [-0.2, 0) is 19.1 Å². The molecular formula is C32H44O4. The maximum atomic E-state index is 13.6. The zero-order valence-corrected chi connectivity index (χ0v) is 22.6. The highest BCUT2D eigenvalue weighted by atomic mass is 16.6. The van der Waals surface area contributed by atoms with Gasteiger partial charge in [-0.1, -0.05) is 127 Å². The van der Waals surface area contributed by atoms with Crippen molar-refractivity contribution in [3.8, 4) is 0 Å². The molecule has 0 radical (unpaired) electrons. The van der Waals surface area contributed by atoms with Crippen molar-refractivity contribution in [3.63, 3.8) is 0 Å². The fourth-order valence-corrected chi connectivity index (χ4v) is 4.28. The Kier molecular flexibility index (Phi) is 13.6. The molecular weight excluding hydrogens is 448 g/mol. The first-order valence-corrected chi connectivity index (χ1v) is 13.7. The summed E-state index contributed by atoms with van der Waals surface area (Å²) in [6.07, 6.45) is 8.25. The molecule has 0 fully saturated rings. The van der Waals surface area contributed by atoms with E-state index in [1.54, 1.807) is 0 Å². The number of ether oxygens (including phenoxy) is 2. The molecule has 2 atom stereocenters. The maximum Gasteiger partial charge on any atom is 0.346 e. The van der Waals surface area contributed by atoms with Gasteiger partial charge in [-0.2, -0.15) is 0 Å². The molecule has 0 heterocycles. The van der Waals surface area contributed by atoms with Crippen LogP contribution in [0.25, 0.3) is 5.57 Å². The van der Waals surface area contributed by atoms with Crippen molar-refractivity contribution in [2.45, 2.75) is 79.1 Å². The summed E-state index contributed by atoms with van der Waals surface area (Å²) >= 11 is 0. The third-order valence-corrected chi connectivity index (χ3v) is 6.77. The molecule has 2 rings (SSSR count). The van der Waals surface area contributed by atoms with E-state index >= 15 is 0 Å². The predicted octanol–water partition coefficient (Wildman–Crippen LogP) is 8.01. The smallest absolute Gasteiger partial charge is 0.346 e. The summed E-state index contributed by atoms with van der Waals surface area (Å²) in [6.45, 7) is 9.14. The quantitative estimate of drug-likeness (QED) is 0.103. The molecule has 0 aromatic heterocycles. The molecule has 4 nitrogen and oxygen atoms in total. The molecule has 0 saturated heterocycles. The standard InChI is InChI=1S/C32H44O4/c1-5-9-17-25(7-3)23-35-31(33)30(32(34)36-24-26(8-4)18-10-6-2)29(27-19-13-11-14-20-27)28-21-15-12-16-22-28/h11-16,19-22,25-26H,5-10,17-18,23-24H2,1-4H3. The van der Waals surface area contributed by atoms with Gasteiger partial charge in [0.25, 0.3) is 0 Å². The number of carbonyl (C=O) groups excluding carboxylic acids is 2. The highest BCUT2D eigenvalue weighted by Gasteiger charge is 2.29. The minimum Gasteiger partial charge on any atom is -0.462 e. The average Bonchev–Trinajstić information content (AvgIpc) is 2.92. The Labute approximate surface area is 218 Å². The lowest BCUT2D eigenvalue weighted by molar-refractivity contribution is -0.148. The summed E-state index contributed by atoms with van der Waals surface area (Å²) in [5.74, 6) is -0.665. The van der Waals surface area contributed by atoms with Gasteiger partial charge in [-0.15, -0.1) is 0 Å². The number of benzene rings is 2. The monoisotopic (exact) mass is 492 g/mol. The summed E-state index contributed by atoms with van der Waals surface area (Å²) in [6, 6.07) is 19.1. The lowest BCUT2D eigenvalue weighted by atomic mass is 9.92. The SMILES string of the molecule is CCCCC(CC)COC(=O)C(C(=O)OCC(CC)CCCC)=C(c1ccccc1)c1ccccc1. The fourth-order valence-electron chi connectivity index (χ4n) is 4.28. The van der Waals surface area contributed by atoms with Crippen molar-refractivity contribution in [2.75, 3.05) is 13.2 Å². The zero-order chi connectivity index (χ0) is 26.2. The molecule has 2 aromatic carbocycles. The van der Waals surface area contributed by atoms with Crippen LogP contribution in [0, 0.1) is 11.8 Å². The van der Waals surface area contributed by atoms with Crippen LogP contribution in [0.4, 0.5) is 0 Å². The highest BCUT2D eigenvalue weighted by molar-refractivity contribution is 6.21. The summed E-state index contributed by atoms with van der Waals surface area (Å²) in [5.41, 5.74) is 2.09. The Morgan fingerprint density at radius 3 is 1.36 bits per heavy atom. The molecule has 0 aliphatic heterocycles. The van der Waals surface area contributed by atoms with Crippen LogP contribution in [-0.4, -0.2) is 25.2 Å². The Balaban J connectivity index is 2.45. The lowest BCUT2D eigenvalue weighted by Crippen LogP contribution is -2.24. The van der Waals surface area contributed by atoms with Crippen LogP contribution in [0.3, 0.4) is 0 Å². The van der Waals surface area contributed by atoms with Crippen LogP contribution in [0.5, 0.6) is 0 Å². The van der Waals surface area contributed by atoms with Gasteiger partial charge in [0, 0.05) is 5.57 Å². The predicted molar refractivity (Wildman–Crippen MR) is 147 cm³/mol. The Morgan fingerprint density at radius 2 is 1.03 bits per heavy atom. The van der Waals surface area contributed by atoms with Crippen molar-refractivity contribution in [1.29, 1.82) is 0 Å². The van der Waals surface area contributed by atoms with E-state index in [0.717, 1.165) is 62.5 Å². The normalized spacial score (nSPS) is 12.4. The minimum atomic E-state index is -0.612. The average molecular weight is 493 g/mol. The van der Waals surface area contributed by atoms with Gasteiger partial charge in [0.05, 0.1) is 13.2 Å². The highest BCUT2D eigenvalue weighted by Crippen LogP contribution is 2.29. The molecule has 2 aromatic rings. The molecule has 0 aliphatic carbocycles. The van der Waals surface area contributed by atoms with E-state index in [1.807, 2.05) is 60.7 Å². The van der Waals surface area contributed by atoms with Gasteiger partial charge < -0.3 is 9.47 Å². The number of hydrogen-bond donors (Lipinski definition) is 0. The summed E-state index contributed by atoms with van der Waals surface area (Å²) in [4.78, 5) is 27.1. The minimum absolute atomic E-state index is 0.0249. The van der Waals surface area contributed by atoms with Crippen molar-refractivity contribution in [1.82, 2.24) is 0 Å². The third-order valence-electron chi connectivity index (χ3n) is 6.77. The molecule has 0 aliphatic rings. The third kappa shape index (κ3) is 9.29. The largest absolute Gasteiger partial charge is 0.462 e. The van der Waals surface area contributed by atoms with Gasteiger partial charge in [-0.3, -0.25) is 0 Å². The van der Waals surface area contributed by atoms with E-state index in [-0.39, 0.29) is 17.4 Å². The first kappa shape index (κ1) is 29.4. The van der Waals surface area contributed by atoms with Crippen molar-refractivity contribution >= 4 is 17.5 Å².